The molecular weight excluding hydrogens is 376 g/mol. The number of aliphatic hydroxyl groups is 1. The number of carbonyl (C=O) groups is 1. The minimum absolute atomic E-state index is 0.00790. The summed E-state index contributed by atoms with van der Waals surface area (Å²) < 4.78 is 7.77. The van der Waals surface area contributed by atoms with Gasteiger partial charge in [-0.25, -0.2) is 4.98 Å². The Bertz CT molecular complexity index is 863. The number of hydrogen-bond acceptors (Lipinski definition) is 6. The molecule has 2 aliphatic heterocycles. The summed E-state index contributed by atoms with van der Waals surface area (Å²) in [6.07, 6.45) is 3.69. The van der Waals surface area contributed by atoms with Gasteiger partial charge in [0.1, 0.15) is 16.3 Å². The van der Waals surface area contributed by atoms with Crippen LogP contribution >= 0.6 is 11.3 Å². The summed E-state index contributed by atoms with van der Waals surface area (Å²) in [7, 11) is 1.82. The Hall–Kier alpha value is -1.77. The van der Waals surface area contributed by atoms with E-state index in [2.05, 4.69) is 30.9 Å². The van der Waals surface area contributed by atoms with Crippen LogP contribution in [-0.2, 0) is 22.8 Å². The maximum Gasteiger partial charge on any atom is 0.272 e. The van der Waals surface area contributed by atoms with Gasteiger partial charge in [-0.1, -0.05) is 20.8 Å². The number of thiazole rings is 1. The zero-order valence-electron chi connectivity index (χ0n) is 16.9. The number of rotatable bonds is 2. The highest BCUT2D eigenvalue weighted by molar-refractivity contribution is 7.09. The predicted octanol–water partition coefficient (Wildman–Crippen LogP) is 2.46. The Morgan fingerprint density at radius 1 is 1.32 bits per heavy atom. The van der Waals surface area contributed by atoms with Crippen LogP contribution in [0.3, 0.4) is 0 Å². The molecule has 2 aromatic rings. The first-order valence-corrected chi connectivity index (χ1v) is 10.6. The average molecular weight is 405 g/mol. The van der Waals surface area contributed by atoms with Crippen LogP contribution in [0.5, 0.6) is 0 Å². The zero-order valence-corrected chi connectivity index (χ0v) is 17.8. The van der Waals surface area contributed by atoms with E-state index in [1.165, 1.54) is 11.3 Å². The van der Waals surface area contributed by atoms with Gasteiger partial charge in [-0.2, -0.15) is 5.10 Å². The number of hydrogen-bond donors (Lipinski definition) is 1. The molecular formula is C20H28N4O3S. The molecule has 2 saturated heterocycles. The Morgan fingerprint density at radius 3 is 2.61 bits per heavy atom. The van der Waals surface area contributed by atoms with Gasteiger partial charge in [-0.3, -0.25) is 9.48 Å². The number of aryl methyl sites for hydroxylation is 1. The van der Waals surface area contributed by atoms with Gasteiger partial charge in [0.05, 0.1) is 17.9 Å². The maximum atomic E-state index is 13.0. The van der Waals surface area contributed by atoms with Gasteiger partial charge in [0.25, 0.3) is 5.91 Å². The number of nitrogens with zero attached hydrogens (tertiary/aromatic N) is 4. The summed E-state index contributed by atoms with van der Waals surface area (Å²) >= 11 is 1.46. The van der Waals surface area contributed by atoms with Crippen molar-refractivity contribution in [3.8, 4) is 0 Å². The number of piperidine rings is 1. The standard InChI is InChI=1S/C20H28N4O3S/c1-18(2,3)15-11-14(23(4)22-15)16(25)24-8-5-19(6-9-24)12-20(26,13-27-19)17-21-7-10-28-17/h7,10-11,26H,5-6,8-9,12-13H2,1-4H3/t20-/m0/s1. The minimum Gasteiger partial charge on any atom is -0.380 e. The Labute approximate surface area is 169 Å². The monoisotopic (exact) mass is 404 g/mol. The molecule has 2 fully saturated rings. The second-order valence-electron chi connectivity index (χ2n) is 9.10. The summed E-state index contributed by atoms with van der Waals surface area (Å²) in [5.41, 5.74) is 0.0525. The van der Waals surface area contributed by atoms with Crippen molar-refractivity contribution in [2.75, 3.05) is 19.7 Å². The fourth-order valence-electron chi connectivity index (χ4n) is 4.13. The van der Waals surface area contributed by atoms with Gasteiger partial charge in [0.2, 0.25) is 0 Å². The summed E-state index contributed by atoms with van der Waals surface area (Å²) in [5.74, 6) is 0.00790. The number of ether oxygens (including phenoxy) is 1. The average Bonchev–Trinajstić information content (AvgIpc) is 3.35. The van der Waals surface area contributed by atoms with E-state index in [1.807, 2.05) is 23.4 Å². The van der Waals surface area contributed by atoms with Crippen LogP contribution in [0, 0.1) is 0 Å². The lowest BCUT2D eigenvalue weighted by molar-refractivity contribution is -0.0432. The van der Waals surface area contributed by atoms with Crippen molar-refractivity contribution < 1.29 is 14.6 Å². The van der Waals surface area contributed by atoms with Gasteiger partial charge in [0.15, 0.2) is 0 Å². The van der Waals surface area contributed by atoms with E-state index in [4.69, 9.17) is 4.74 Å². The van der Waals surface area contributed by atoms with E-state index >= 15 is 0 Å². The molecule has 1 amide bonds. The molecule has 0 unspecified atom stereocenters. The summed E-state index contributed by atoms with van der Waals surface area (Å²) in [5, 5.41) is 18.1. The third-order valence-electron chi connectivity index (χ3n) is 5.89. The Balaban J connectivity index is 1.44. The maximum absolute atomic E-state index is 13.0. The molecule has 0 aromatic carbocycles. The number of likely N-dealkylation sites (tertiary alicyclic amines) is 1. The van der Waals surface area contributed by atoms with Crippen LogP contribution in [0.4, 0.5) is 0 Å². The van der Waals surface area contributed by atoms with Crippen molar-refractivity contribution in [1.82, 2.24) is 19.7 Å². The molecule has 2 aromatic heterocycles. The highest BCUT2D eigenvalue weighted by atomic mass is 32.1. The van der Waals surface area contributed by atoms with E-state index in [0.29, 0.717) is 30.2 Å². The molecule has 0 radical (unpaired) electrons. The highest BCUT2D eigenvalue weighted by Gasteiger charge is 2.52. The molecule has 0 bridgehead atoms. The normalized spacial score (nSPS) is 24.8. The third-order valence-corrected chi connectivity index (χ3v) is 6.86. The fourth-order valence-corrected chi connectivity index (χ4v) is 4.86. The second-order valence-corrected chi connectivity index (χ2v) is 9.99. The van der Waals surface area contributed by atoms with Crippen LogP contribution in [0.15, 0.2) is 17.6 Å². The van der Waals surface area contributed by atoms with Gasteiger partial charge in [-0.05, 0) is 18.9 Å². The smallest absolute Gasteiger partial charge is 0.272 e. The topological polar surface area (TPSA) is 80.5 Å². The third kappa shape index (κ3) is 3.38. The van der Waals surface area contributed by atoms with Crippen LogP contribution in [0.2, 0.25) is 0 Å². The van der Waals surface area contributed by atoms with E-state index in [0.717, 1.165) is 18.5 Å². The van der Waals surface area contributed by atoms with Crippen molar-refractivity contribution in [2.24, 2.45) is 7.05 Å². The molecule has 1 N–H and O–H groups in total. The lowest BCUT2D eigenvalue weighted by Gasteiger charge is -2.38. The SMILES string of the molecule is Cn1nc(C(C)(C)C)cc1C(=O)N1CCC2(CC1)C[C@@](O)(c1nccs1)CO2. The molecule has 8 heteroatoms. The lowest BCUT2D eigenvalue weighted by atomic mass is 9.83. The first kappa shape index (κ1) is 19.5. The van der Waals surface area contributed by atoms with E-state index in [9.17, 15) is 9.90 Å². The molecule has 7 nitrogen and oxygen atoms in total. The van der Waals surface area contributed by atoms with Gasteiger partial charge >= 0.3 is 0 Å². The molecule has 2 aliphatic rings. The highest BCUT2D eigenvalue weighted by Crippen LogP contribution is 2.45. The molecule has 0 saturated carbocycles. The molecule has 28 heavy (non-hydrogen) atoms. The van der Waals surface area contributed by atoms with Gasteiger partial charge in [-0.15, -0.1) is 11.3 Å². The first-order valence-electron chi connectivity index (χ1n) is 9.72. The second kappa shape index (κ2) is 6.64. The van der Waals surface area contributed by atoms with Gasteiger partial charge in [0, 0.05) is 43.5 Å². The van der Waals surface area contributed by atoms with Crippen molar-refractivity contribution in [1.29, 1.82) is 0 Å². The van der Waals surface area contributed by atoms with Crippen LogP contribution in [0.25, 0.3) is 0 Å². The summed E-state index contributed by atoms with van der Waals surface area (Å²) in [6.45, 7) is 7.77. The van der Waals surface area contributed by atoms with E-state index in [-0.39, 0.29) is 23.5 Å². The number of amides is 1. The molecule has 152 valence electrons. The molecule has 4 rings (SSSR count). The molecule has 1 atom stereocenters. The van der Waals surface area contributed by atoms with Crippen molar-refractivity contribution in [3.63, 3.8) is 0 Å². The number of aromatic nitrogens is 3. The van der Waals surface area contributed by atoms with Crippen molar-refractivity contribution in [2.45, 2.75) is 56.7 Å². The molecule has 0 aliphatic carbocycles. The van der Waals surface area contributed by atoms with Crippen LogP contribution in [0.1, 0.15) is 61.2 Å². The largest absolute Gasteiger partial charge is 0.380 e. The molecule has 1 spiro atoms. The predicted molar refractivity (Wildman–Crippen MR) is 106 cm³/mol. The van der Waals surface area contributed by atoms with Gasteiger partial charge < -0.3 is 14.7 Å². The van der Waals surface area contributed by atoms with E-state index in [1.54, 1.807) is 10.9 Å². The van der Waals surface area contributed by atoms with E-state index < -0.39 is 5.60 Å². The fraction of sp³-hybridized carbons (Fsp3) is 0.650. The Kier molecular flexibility index (Phi) is 4.63. The first-order chi connectivity index (χ1) is 13.1. The van der Waals surface area contributed by atoms with Crippen LogP contribution in [-0.4, -0.2) is 56.0 Å². The zero-order chi connectivity index (χ0) is 20.2. The Morgan fingerprint density at radius 2 is 2.04 bits per heavy atom. The van der Waals surface area contributed by atoms with Crippen molar-refractivity contribution in [3.05, 3.63) is 34.0 Å². The lowest BCUT2D eigenvalue weighted by Crippen LogP contribution is -2.47. The number of carbonyl (C=O) groups excluding carboxylic acids is 1. The molecule has 4 heterocycles. The van der Waals surface area contributed by atoms with Crippen LogP contribution < -0.4 is 0 Å². The summed E-state index contributed by atoms with van der Waals surface area (Å²) in [6, 6.07) is 1.90. The minimum atomic E-state index is -1.01. The van der Waals surface area contributed by atoms with Crippen molar-refractivity contribution >= 4 is 17.2 Å². The quantitative estimate of drug-likeness (QED) is 0.832. The summed E-state index contributed by atoms with van der Waals surface area (Å²) in [4.78, 5) is 19.2.